The highest BCUT2D eigenvalue weighted by Crippen LogP contribution is 2.34. The van der Waals surface area contributed by atoms with Gasteiger partial charge in [0.1, 0.15) is 5.52 Å². The number of imidazole rings is 1. The third kappa shape index (κ3) is 5.06. The van der Waals surface area contributed by atoms with E-state index in [9.17, 15) is 5.11 Å². The number of fused-ring (bicyclic) bond motifs is 1. The van der Waals surface area contributed by atoms with Gasteiger partial charge in [-0.15, -0.1) is 0 Å². The first-order valence-corrected chi connectivity index (χ1v) is 11.9. The van der Waals surface area contributed by atoms with Crippen molar-refractivity contribution in [2.45, 2.75) is 89.8 Å². The van der Waals surface area contributed by atoms with Gasteiger partial charge in [-0.3, -0.25) is 0 Å². The van der Waals surface area contributed by atoms with Crippen LogP contribution in [0.2, 0.25) is 0 Å². The van der Waals surface area contributed by atoms with E-state index in [1.807, 2.05) is 43.6 Å². The van der Waals surface area contributed by atoms with Gasteiger partial charge in [-0.25, -0.2) is 15.0 Å². The molecule has 0 saturated heterocycles. The van der Waals surface area contributed by atoms with Gasteiger partial charge >= 0.3 is 0 Å². The molecular weight excluding hydrogens is 386 g/mol. The van der Waals surface area contributed by atoms with E-state index in [2.05, 4.69) is 16.8 Å². The minimum Gasteiger partial charge on any atom is -0.391 e. The van der Waals surface area contributed by atoms with Crippen molar-refractivity contribution in [2.75, 3.05) is 5.32 Å². The molecule has 0 bridgehead atoms. The summed E-state index contributed by atoms with van der Waals surface area (Å²) in [6, 6.07) is 10.5. The molecule has 4 rings (SSSR count). The molecule has 2 heterocycles. The number of unbranched alkanes of at least 4 members (excludes halogenated alkanes) is 3. The van der Waals surface area contributed by atoms with Crippen molar-refractivity contribution < 1.29 is 5.11 Å². The Morgan fingerprint density at radius 1 is 1.10 bits per heavy atom. The molecule has 0 radical (unpaired) electrons. The Morgan fingerprint density at radius 3 is 2.58 bits per heavy atom. The number of aromatic nitrogens is 4. The first kappa shape index (κ1) is 21.8. The minimum atomic E-state index is -0.469. The van der Waals surface area contributed by atoms with Crippen molar-refractivity contribution in [1.82, 2.24) is 19.5 Å². The number of nitrogens with one attached hydrogen (secondary N) is 1. The summed E-state index contributed by atoms with van der Waals surface area (Å²) in [5.41, 5.74) is 2.67. The molecule has 2 aromatic heterocycles. The quantitative estimate of drug-likeness (QED) is 0.408. The highest BCUT2D eigenvalue weighted by molar-refractivity contribution is 5.85. The highest BCUT2D eigenvalue weighted by atomic mass is 16.3. The van der Waals surface area contributed by atoms with Crippen LogP contribution in [0.1, 0.15) is 77.7 Å². The Morgan fingerprint density at radius 2 is 1.87 bits per heavy atom. The predicted octanol–water partition coefficient (Wildman–Crippen LogP) is 5.74. The molecule has 0 aliphatic heterocycles. The number of aliphatic hydroxyl groups is 1. The molecule has 166 valence electrons. The Labute approximate surface area is 185 Å². The Hall–Kier alpha value is -2.47. The summed E-state index contributed by atoms with van der Waals surface area (Å²) in [6.45, 7) is 4.07. The number of nitrogens with zero attached hydrogens (tertiary/aromatic N) is 4. The first-order chi connectivity index (χ1) is 15.2. The summed E-state index contributed by atoms with van der Waals surface area (Å²) in [7, 11) is 0. The third-order valence-electron chi connectivity index (χ3n) is 6.44. The minimum absolute atomic E-state index is 0.0600. The maximum atomic E-state index is 10.4. The van der Waals surface area contributed by atoms with Crippen molar-refractivity contribution in [1.29, 1.82) is 0 Å². The highest BCUT2D eigenvalue weighted by Gasteiger charge is 2.24. The molecule has 31 heavy (non-hydrogen) atoms. The molecule has 2 N–H and O–H groups in total. The van der Waals surface area contributed by atoms with Gasteiger partial charge in [-0.1, -0.05) is 75.8 Å². The van der Waals surface area contributed by atoms with E-state index in [0.717, 1.165) is 35.4 Å². The van der Waals surface area contributed by atoms with Crippen LogP contribution in [0.4, 0.5) is 5.82 Å². The van der Waals surface area contributed by atoms with Crippen LogP contribution in [0.15, 0.2) is 36.7 Å². The van der Waals surface area contributed by atoms with Crippen LogP contribution in [-0.2, 0) is 0 Å². The maximum absolute atomic E-state index is 10.4. The van der Waals surface area contributed by atoms with Gasteiger partial charge in [-0.2, -0.15) is 0 Å². The number of benzene rings is 1. The summed E-state index contributed by atoms with van der Waals surface area (Å²) in [6.07, 6.45) is 11.9. The first-order valence-electron chi connectivity index (χ1n) is 11.9. The van der Waals surface area contributed by atoms with Gasteiger partial charge in [0.05, 0.1) is 18.5 Å². The second-order valence-corrected chi connectivity index (χ2v) is 8.86. The fraction of sp³-hybridized carbons (Fsp3) is 0.560. The number of hydrogen-bond donors (Lipinski definition) is 2. The molecule has 1 aromatic carbocycles. The molecule has 1 aliphatic rings. The SMILES string of the molecule is CCCCCC[C@H](Nc1nc(-c2ccccc2)nc2c1ncn2C1CCCC1)[C@H](C)O. The van der Waals surface area contributed by atoms with E-state index in [1.165, 1.54) is 44.9 Å². The van der Waals surface area contributed by atoms with Crippen molar-refractivity contribution in [3.63, 3.8) is 0 Å². The summed E-state index contributed by atoms with van der Waals surface area (Å²) >= 11 is 0. The van der Waals surface area contributed by atoms with E-state index in [4.69, 9.17) is 15.0 Å². The molecule has 3 aromatic rings. The molecule has 2 atom stereocenters. The molecule has 1 fully saturated rings. The maximum Gasteiger partial charge on any atom is 0.166 e. The second kappa shape index (κ2) is 10.2. The van der Waals surface area contributed by atoms with Gasteiger partial charge < -0.3 is 15.0 Å². The summed E-state index contributed by atoms with van der Waals surface area (Å²) in [5, 5.41) is 14.0. The van der Waals surface area contributed by atoms with Crippen LogP contribution in [0, 0.1) is 0 Å². The normalized spacial score (nSPS) is 16.6. The predicted molar refractivity (Wildman–Crippen MR) is 126 cm³/mol. The number of anilines is 1. The summed E-state index contributed by atoms with van der Waals surface area (Å²) < 4.78 is 2.24. The van der Waals surface area contributed by atoms with Crippen LogP contribution in [-0.4, -0.2) is 36.8 Å². The molecule has 6 nitrogen and oxygen atoms in total. The molecular formula is C25H35N5O. The lowest BCUT2D eigenvalue weighted by Crippen LogP contribution is -2.32. The standard InChI is InChI=1S/C25H35N5O/c1-3-4-5-9-16-21(18(2)31)27-24-22-25(30(17-26-22)20-14-10-11-15-20)29-23(28-24)19-12-7-6-8-13-19/h6-8,12-13,17-18,20-21,31H,3-5,9-11,14-16H2,1-2H3,(H,27,28,29)/t18-,21-/m0/s1. The lowest BCUT2D eigenvalue weighted by atomic mass is 10.0. The summed E-state index contributed by atoms with van der Waals surface area (Å²) in [5.74, 6) is 1.42. The average molecular weight is 422 g/mol. The van der Waals surface area contributed by atoms with E-state index >= 15 is 0 Å². The molecule has 1 saturated carbocycles. The molecule has 0 unspecified atom stereocenters. The number of aliphatic hydroxyl groups excluding tert-OH is 1. The van der Waals surface area contributed by atoms with Gasteiger partial charge in [-0.05, 0) is 26.2 Å². The smallest absolute Gasteiger partial charge is 0.166 e. The number of rotatable bonds is 10. The largest absolute Gasteiger partial charge is 0.391 e. The average Bonchev–Trinajstić information content (AvgIpc) is 3.46. The lowest BCUT2D eigenvalue weighted by Gasteiger charge is -2.22. The number of hydrogen-bond acceptors (Lipinski definition) is 5. The van der Waals surface area contributed by atoms with Crippen LogP contribution in [0.3, 0.4) is 0 Å². The van der Waals surface area contributed by atoms with Gasteiger partial charge in [0.2, 0.25) is 0 Å². The monoisotopic (exact) mass is 421 g/mol. The fourth-order valence-corrected chi connectivity index (χ4v) is 4.58. The van der Waals surface area contributed by atoms with Crippen molar-refractivity contribution in [3.8, 4) is 11.4 Å². The van der Waals surface area contributed by atoms with Crippen LogP contribution < -0.4 is 5.32 Å². The Bertz CT molecular complexity index is 963. The van der Waals surface area contributed by atoms with Crippen LogP contribution in [0.5, 0.6) is 0 Å². The topological polar surface area (TPSA) is 75.9 Å². The summed E-state index contributed by atoms with van der Waals surface area (Å²) in [4.78, 5) is 14.5. The Kier molecular flexibility index (Phi) is 7.17. The fourth-order valence-electron chi connectivity index (χ4n) is 4.58. The molecule has 0 amide bonds. The Balaban J connectivity index is 1.70. The van der Waals surface area contributed by atoms with E-state index < -0.39 is 6.10 Å². The zero-order valence-corrected chi connectivity index (χ0v) is 18.8. The molecule has 0 spiro atoms. The van der Waals surface area contributed by atoms with Crippen molar-refractivity contribution >= 4 is 17.0 Å². The van der Waals surface area contributed by atoms with Crippen LogP contribution in [0.25, 0.3) is 22.6 Å². The van der Waals surface area contributed by atoms with Crippen molar-refractivity contribution in [2.24, 2.45) is 0 Å². The third-order valence-corrected chi connectivity index (χ3v) is 6.44. The van der Waals surface area contributed by atoms with Crippen LogP contribution >= 0.6 is 0 Å². The van der Waals surface area contributed by atoms with E-state index in [-0.39, 0.29) is 6.04 Å². The van der Waals surface area contributed by atoms with Gasteiger partial charge in [0.15, 0.2) is 17.3 Å². The van der Waals surface area contributed by atoms with E-state index in [0.29, 0.717) is 11.9 Å². The van der Waals surface area contributed by atoms with Gasteiger partial charge in [0.25, 0.3) is 0 Å². The molecule has 6 heteroatoms. The van der Waals surface area contributed by atoms with Gasteiger partial charge in [0, 0.05) is 11.6 Å². The zero-order chi connectivity index (χ0) is 21.6. The van der Waals surface area contributed by atoms with E-state index in [1.54, 1.807) is 0 Å². The zero-order valence-electron chi connectivity index (χ0n) is 18.8. The second-order valence-electron chi connectivity index (χ2n) is 8.86. The van der Waals surface area contributed by atoms with Crippen molar-refractivity contribution in [3.05, 3.63) is 36.7 Å². The lowest BCUT2D eigenvalue weighted by molar-refractivity contribution is 0.165. The molecule has 1 aliphatic carbocycles.